The molecule has 146 valence electrons. The SMILES string of the molecule is O=C(NCc1ccccc1OC(F)F)c1ccc(S(=O)(=O)N2CCCC2)o1. The van der Waals surface area contributed by atoms with Crippen LogP contribution >= 0.6 is 0 Å². The van der Waals surface area contributed by atoms with Crippen LogP contribution in [-0.2, 0) is 16.6 Å². The van der Waals surface area contributed by atoms with E-state index in [2.05, 4.69) is 10.1 Å². The number of hydrogen-bond donors (Lipinski definition) is 1. The van der Waals surface area contributed by atoms with E-state index in [1.165, 1.54) is 34.6 Å². The van der Waals surface area contributed by atoms with E-state index < -0.39 is 22.5 Å². The lowest BCUT2D eigenvalue weighted by molar-refractivity contribution is -0.0504. The van der Waals surface area contributed by atoms with Crippen molar-refractivity contribution in [2.75, 3.05) is 13.1 Å². The normalized spacial score (nSPS) is 15.2. The maximum absolute atomic E-state index is 12.4. The van der Waals surface area contributed by atoms with E-state index in [1.54, 1.807) is 6.07 Å². The quantitative estimate of drug-likeness (QED) is 0.772. The molecule has 0 saturated carbocycles. The summed E-state index contributed by atoms with van der Waals surface area (Å²) in [6.07, 6.45) is 1.57. The number of amides is 1. The highest BCUT2D eigenvalue weighted by Gasteiger charge is 2.30. The number of alkyl halides is 2. The number of rotatable bonds is 7. The Morgan fingerprint density at radius 3 is 2.59 bits per heavy atom. The van der Waals surface area contributed by atoms with Crippen molar-refractivity contribution in [3.8, 4) is 5.75 Å². The fourth-order valence-electron chi connectivity index (χ4n) is 2.76. The number of nitrogens with one attached hydrogen (secondary N) is 1. The molecule has 27 heavy (non-hydrogen) atoms. The zero-order valence-corrected chi connectivity index (χ0v) is 15.0. The summed E-state index contributed by atoms with van der Waals surface area (Å²) in [6, 6.07) is 8.54. The first kappa shape index (κ1) is 19.3. The van der Waals surface area contributed by atoms with Crippen LogP contribution in [0.4, 0.5) is 8.78 Å². The molecule has 1 aliphatic heterocycles. The van der Waals surface area contributed by atoms with Crippen LogP contribution < -0.4 is 10.1 Å². The summed E-state index contributed by atoms with van der Waals surface area (Å²) in [4.78, 5) is 12.2. The van der Waals surface area contributed by atoms with E-state index in [-0.39, 0.29) is 23.1 Å². The molecule has 1 saturated heterocycles. The smallest absolute Gasteiger partial charge is 0.387 e. The van der Waals surface area contributed by atoms with Crippen LogP contribution in [0.15, 0.2) is 45.9 Å². The van der Waals surface area contributed by atoms with Gasteiger partial charge in [-0.1, -0.05) is 18.2 Å². The molecule has 0 radical (unpaired) electrons. The highest BCUT2D eigenvalue weighted by atomic mass is 32.2. The van der Waals surface area contributed by atoms with Gasteiger partial charge in [-0.15, -0.1) is 0 Å². The largest absolute Gasteiger partial charge is 0.438 e. The zero-order chi connectivity index (χ0) is 19.4. The first-order valence-electron chi connectivity index (χ1n) is 8.29. The number of sulfonamides is 1. The number of para-hydroxylation sites is 1. The minimum absolute atomic E-state index is 0.0513. The number of hydrogen-bond acceptors (Lipinski definition) is 5. The number of carbonyl (C=O) groups excluding carboxylic acids is 1. The molecule has 1 fully saturated rings. The Hall–Kier alpha value is -2.46. The van der Waals surface area contributed by atoms with Gasteiger partial charge in [0.05, 0.1) is 0 Å². The Morgan fingerprint density at radius 2 is 1.89 bits per heavy atom. The second-order valence-electron chi connectivity index (χ2n) is 5.90. The van der Waals surface area contributed by atoms with Crippen molar-refractivity contribution in [3.63, 3.8) is 0 Å². The summed E-state index contributed by atoms with van der Waals surface area (Å²) in [5, 5.41) is 2.20. The van der Waals surface area contributed by atoms with Crippen molar-refractivity contribution in [1.29, 1.82) is 0 Å². The van der Waals surface area contributed by atoms with Crippen LogP contribution in [0.5, 0.6) is 5.75 Å². The molecule has 0 aliphatic carbocycles. The van der Waals surface area contributed by atoms with Crippen LogP contribution in [0.3, 0.4) is 0 Å². The van der Waals surface area contributed by atoms with Gasteiger partial charge in [0.1, 0.15) is 5.75 Å². The van der Waals surface area contributed by atoms with E-state index >= 15 is 0 Å². The highest BCUT2D eigenvalue weighted by Crippen LogP contribution is 2.23. The molecular formula is C17H18F2N2O5S. The van der Waals surface area contributed by atoms with Crippen molar-refractivity contribution < 1.29 is 31.1 Å². The van der Waals surface area contributed by atoms with E-state index in [9.17, 15) is 22.0 Å². The monoisotopic (exact) mass is 400 g/mol. The van der Waals surface area contributed by atoms with Crippen molar-refractivity contribution in [2.24, 2.45) is 0 Å². The third kappa shape index (κ3) is 4.45. The molecule has 1 amide bonds. The molecule has 7 nitrogen and oxygen atoms in total. The Morgan fingerprint density at radius 1 is 1.19 bits per heavy atom. The van der Waals surface area contributed by atoms with Crippen LogP contribution in [0.2, 0.25) is 0 Å². The molecule has 1 N–H and O–H groups in total. The lowest BCUT2D eigenvalue weighted by Crippen LogP contribution is -2.27. The average molecular weight is 400 g/mol. The van der Waals surface area contributed by atoms with Crippen molar-refractivity contribution in [1.82, 2.24) is 9.62 Å². The number of nitrogens with zero attached hydrogens (tertiary/aromatic N) is 1. The van der Waals surface area contributed by atoms with E-state index in [0.717, 1.165) is 12.8 Å². The van der Waals surface area contributed by atoms with Gasteiger partial charge in [0.25, 0.3) is 15.9 Å². The second kappa shape index (κ2) is 8.05. The van der Waals surface area contributed by atoms with Crippen molar-refractivity contribution in [3.05, 3.63) is 47.7 Å². The molecule has 0 spiro atoms. The van der Waals surface area contributed by atoms with Crippen molar-refractivity contribution in [2.45, 2.75) is 31.1 Å². The summed E-state index contributed by atoms with van der Waals surface area (Å²) >= 11 is 0. The lowest BCUT2D eigenvalue weighted by atomic mass is 10.2. The topological polar surface area (TPSA) is 88.8 Å². The van der Waals surface area contributed by atoms with Gasteiger partial charge >= 0.3 is 6.61 Å². The van der Waals surface area contributed by atoms with Crippen LogP contribution in [0, 0.1) is 0 Å². The van der Waals surface area contributed by atoms with Gasteiger partial charge in [-0.25, -0.2) is 8.42 Å². The Balaban J connectivity index is 1.67. The van der Waals surface area contributed by atoms with E-state index in [1.807, 2.05) is 0 Å². The molecule has 1 aromatic heterocycles. The molecule has 0 bridgehead atoms. The molecule has 3 rings (SSSR count). The number of benzene rings is 1. The van der Waals surface area contributed by atoms with Crippen LogP contribution in [-0.4, -0.2) is 38.3 Å². The molecule has 10 heteroatoms. The summed E-state index contributed by atoms with van der Waals surface area (Å²) < 4.78 is 60.6. The van der Waals surface area contributed by atoms with Crippen molar-refractivity contribution >= 4 is 15.9 Å². The second-order valence-corrected chi connectivity index (χ2v) is 7.77. The summed E-state index contributed by atoms with van der Waals surface area (Å²) in [5.74, 6) is -0.894. The van der Waals surface area contributed by atoms with Gasteiger partial charge in [0.15, 0.2) is 5.76 Å². The minimum Gasteiger partial charge on any atom is -0.438 e. The van der Waals surface area contributed by atoms with Gasteiger partial charge in [0, 0.05) is 25.2 Å². The summed E-state index contributed by atoms with van der Waals surface area (Å²) in [5.41, 5.74) is 0.350. The number of carbonyl (C=O) groups is 1. The maximum Gasteiger partial charge on any atom is 0.387 e. The highest BCUT2D eigenvalue weighted by molar-refractivity contribution is 7.89. The first-order valence-corrected chi connectivity index (χ1v) is 9.73. The minimum atomic E-state index is -3.76. The van der Waals surface area contributed by atoms with Gasteiger partial charge in [-0.3, -0.25) is 4.79 Å². The Labute approximate surface area is 155 Å². The van der Waals surface area contributed by atoms with Gasteiger partial charge in [0.2, 0.25) is 5.09 Å². The lowest BCUT2D eigenvalue weighted by Gasteiger charge is -2.12. The van der Waals surface area contributed by atoms with Crippen LogP contribution in [0.25, 0.3) is 0 Å². The zero-order valence-electron chi connectivity index (χ0n) is 14.2. The Kier molecular flexibility index (Phi) is 5.76. The van der Waals surface area contributed by atoms with E-state index in [4.69, 9.17) is 4.42 Å². The number of ether oxygens (including phenoxy) is 1. The number of furan rings is 1. The molecule has 2 aromatic rings. The van der Waals surface area contributed by atoms with Gasteiger partial charge < -0.3 is 14.5 Å². The summed E-state index contributed by atoms with van der Waals surface area (Å²) in [7, 11) is -3.76. The fourth-order valence-corrected chi connectivity index (χ4v) is 4.19. The molecule has 1 aliphatic rings. The fraction of sp³-hybridized carbons (Fsp3) is 0.353. The predicted octanol–water partition coefficient (Wildman–Crippen LogP) is 2.60. The standard InChI is InChI=1S/C17H18F2N2O5S/c18-17(19)26-13-6-2-1-5-12(13)11-20-16(22)14-7-8-15(25-14)27(23,24)21-9-3-4-10-21/h1-2,5-8,17H,3-4,9-11H2,(H,20,22). The van der Waals surface area contributed by atoms with Crippen LogP contribution in [0.1, 0.15) is 29.0 Å². The summed E-state index contributed by atoms with van der Waals surface area (Å²) in [6.45, 7) is -2.22. The maximum atomic E-state index is 12.4. The third-order valence-electron chi connectivity index (χ3n) is 4.09. The molecule has 2 heterocycles. The molecular weight excluding hydrogens is 382 g/mol. The van der Waals surface area contributed by atoms with Gasteiger partial charge in [-0.2, -0.15) is 13.1 Å². The Bertz CT molecular complexity index is 908. The molecule has 0 unspecified atom stereocenters. The predicted molar refractivity (Wildman–Crippen MR) is 90.9 cm³/mol. The molecule has 0 atom stereocenters. The average Bonchev–Trinajstić information content (AvgIpc) is 3.32. The third-order valence-corrected chi connectivity index (χ3v) is 5.87. The first-order chi connectivity index (χ1) is 12.9. The molecule has 1 aromatic carbocycles. The van der Waals surface area contributed by atoms with Gasteiger partial charge in [-0.05, 0) is 31.0 Å². The van der Waals surface area contributed by atoms with E-state index in [0.29, 0.717) is 18.7 Å². The number of halogens is 2.